The van der Waals surface area contributed by atoms with Crippen LogP contribution in [0.4, 0.5) is 19.0 Å². The van der Waals surface area contributed by atoms with Crippen molar-refractivity contribution in [3.63, 3.8) is 0 Å². The molecule has 4 saturated carbocycles. The molecule has 6 unspecified atom stereocenters. The Balaban J connectivity index is 1.26. The Bertz CT molecular complexity index is 1050. The van der Waals surface area contributed by atoms with Crippen LogP contribution in [-0.4, -0.2) is 69.9 Å². The Hall–Kier alpha value is -1.93. The fourth-order valence-corrected chi connectivity index (χ4v) is 7.37. The molecule has 2 N–H and O–H groups in total. The van der Waals surface area contributed by atoms with Crippen LogP contribution in [0, 0.1) is 23.2 Å². The molecule has 1 aromatic rings. The molecule has 33 heavy (non-hydrogen) atoms. The fraction of sp³-hybridized carbons (Fsp3) is 0.680. The molecular formula is C25H33F3N5+. The second-order valence-corrected chi connectivity index (χ2v) is 10.6. The molecule has 4 aliphatic carbocycles. The lowest BCUT2D eigenvalue weighted by Crippen LogP contribution is -2.50. The minimum absolute atomic E-state index is 0.245. The summed E-state index contributed by atoms with van der Waals surface area (Å²) >= 11 is 0. The van der Waals surface area contributed by atoms with Crippen molar-refractivity contribution >= 4 is 17.2 Å². The maximum Gasteiger partial charge on any atom is 0.419 e. The SMILES string of the molecule is CCC(C)[N+]1=C(C23C4CC(N5CCN(CC)CC5)C2C43)C=C1c1cnc(N)c(C(F)(F)F)c1. The number of rotatable bonds is 6. The Morgan fingerprint density at radius 3 is 2.55 bits per heavy atom. The number of hydrogen-bond acceptors (Lipinski definition) is 4. The van der Waals surface area contributed by atoms with E-state index in [1.54, 1.807) is 0 Å². The van der Waals surface area contributed by atoms with Crippen molar-refractivity contribution in [2.24, 2.45) is 23.2 Å². The summed E-state index contributed by atoms with van der Waals surface area (Å²) in [7, 11) is 0. The number of alkyl halides is 3. The van der Waals surface area contributed by atoms with E-state index in [1.807, 2.05) is 0 Å². The van der Waals surface area contributed by atoms with E-state index in [1.165, 1.54) is 24.4 Å². The molecule has 0 radical (unpaired) electrons. The van der Waals surface area contributed by atoms with Gasteiger partial charge in [0, 0.05) is 44.8 Å². The van der Waals surface area contributed by atoms with Gasteiger partial charge < -0.3 is 10.6 Å². The first-order chi connectivity index (χ1) is 15.7. The second kappa shape index (κ2) is 7.04. The molecule has 6 atom stereocenters. The number of nitrogen functional groups attached to an aromatic ring is 1. The Morgan fingerprint density at radius 1 is 1.21 bits per heavy atom. The van der Waals surface area contributed by atoms with Gasteiger partial charge in [-0.3, -0.25) is 4.90 Å². The summed E-state index contributed by atoms with van der Waals surface area (Å²) in [6.45, 7) is 12.3. The smallest absolute Gasteiger partial charge is 0.383 e. The number of piperazine rings is 1. The van der Waals surface area contributed by atoms with E-state index in [4.69, 9.17) is 5.73 Å². The summed E-state index contributed by atoms with van der Waals surface area (Å²) in [5.41, 5.74) is 7.71. The molecule has 2 bridgehead atoms. The standard InChI is InChI=1S/C25H32F3N5/c1-4-14(3)33-18(15-10-17(25(26,27)28)23(29)30-13-15)12-20(33)24-16-11-19(22(24)21(16)24)32-8-6-31(5-2)7-9-32/h10,12-14,16,19,21-22,29H,4-9,11H2,1-3H3/p+1. The van der Waals surface area contributed by atoms with Crippen LogP contribution in [0.2, 0.25) is 0 Å². The molecule has 2 aliphatic heterocycles. The van der Waals surface area contributed by atoms with E-state index in [-0.39, 0.29) is 11.5 Å². The summed E-state index contributed by atoms with van der Waals surface area (Å²) < 4.78 is 42.6. The van der Waals surface area contributed by atoms with Gasteiger partial charge in [-0.15, -0.1) is 0 Å². The highest BCUT2D eigenvalue weighted by Crippen LogP contribution is 2.92. The summed E-state index contributed by atoms with van der Waals surface area (Å²) in [5, 5.41) is 0. The molecule has 7 rings (SSSR count). The lowest BCUT2D eigenvalue weighted by molar-refractivity contribution is -0.483. The molecule has 1 aromatic heterocycles. The van der Waals surface area contributed by atoms with Crippen molar-refractivity contribution in [3.05, 3.63) is 29.5 Å². The zero-order valence-corrected chi connectivity index (χ0v) is 19.6. The lowest BCUT2D eigenvalue weighted by Gasteiger charge is -2.37. The lowest BCUT2D eigenvalue weighted by atomic mass is 9.91. The molecule has 8 heteroatoms. The summed E-state index contributed by atoms with van der Waals surface area (Å²) in [5.74, 6) is 1.80. The van der Waals surface area contributed by atoms with Gasteiger partial charge in [-0.05, 0) is 43.7 Å². The summed E-state index contributed by atoms with van der Waals surface area (Å²) in [6, 6.07) is 2.09. The molecule has 178 valence electrons. The van der Waals surface area contributed by atoms with Gasteiger partial charge in [-0.25, -0.2) is 4.98 Å². The predicted molar refractivity (Wildman–Crippen MR) is 122 cm³/mol. The van der Waals surface area contributed by atoms with Crippen molar-refractivity contribution in [2.75, 3.05) is 38.5 Å². The molecule has 6 aliphatic rings. The first-order valence-corrected chi connectivity index (χ1v) is 12.4. The highest BCUT2D eigenvalue weighted by atomic mass is 19.4. The van der Waals surface area contributed by atoms with Crippen LogP contribution in [0.1, 0.15) is 44.7 Å². The monoisotopic (exact) mass is 460 g/mol. The van der Waals surface area contributed by atoms with Crippen LogP contribution in [0.5, 0.6) is 0 Å². The zero-order chi connectivity index (χ0) is 23.3. The van der Waals surface area contributed by atoms with E-state index in [0.717, 1.165) is 62.6 Å². The van der Waals surface area contributed by atoms with Gasteiger partial charge in [0.05, 0.1) is 22.6 Å². The number of nitrogens with two attached hydrogens (primary N) is 1. The number of allylic oxidation sites excluding steroid dienone is 1. The van der Waals surface area contributed by atoms with Crippen molar-refractivity contribution < 1.29 is 17.7 Å². The minimum atomic E-state index is -4.50. The van der Waals surface area contributed by atoms with Crippen molar-refractivity contribution in [1.82, 2.24) is 14.8 Å². The Morgan fingerprint density at radius 2 is 1.94 bits per heavy atom. The predicted octanol–water partition coefficient (Wildman–Crippen LogP) is 3.56. The molecule has 0 amide bonds. The maximum absolute atomic E-state index is 13.4. The van der Waals surface area contributed by atoms with E-state index >= 15 is 0 Å². The topological polar surface area (TPSA) is 48.4 Å². The number of anilines is 1. The van der Waals surface area contributed by atoms with E-state index in [2.05, 4.69) is 46.2 Å². The highest BCUT2D eigenvalue weighted by molar-refractivity contribution is 6.11. The maximum atomic E-state index is 13.4. The quantitative estimate of drug-likeness (QED) is 0.660. The average Bonchev–Trinajstić information content (AvgIpc) is 3.47. The van der Waals surface area contributed by atoms with Crippen LogP contribution in [0.25, 0.3) is 5.70 Å². The largest absolute Gasteiger partial charge is 0.419 e. The molecular weight excluding hydrogens is 427 g/mol. The number of fused-ring (bicyclic) bond motifs is 1. The third-order valence-corrected chi connectivity index (χ3v) is 9.34. The molecule has 0 aromatic carbocycles. The fourth-order valence-electron chi connectivity index (χ4n) is 7.37. The third kappa shape index (κ3) is 2.86. The molecule has 3 heterocycles. The van der Waals surface area contributed by atoms with Crippen LogP contribution >= 0.6 is 0 Å². The van der Waals surface area contributed by atoms with Crippen LogP contribution in [0.3, 0.4) is 0 Å². The first kappa shape index (κ1) is 21.6. The van der Waals surface area contributed by atoms with Gasteiger partial charge >= 0.3 is 6.18 Å². The highest BCUT2D eigenvalue weighted by Gasteiger charge is 2.96. The van der Waals surface area contributed by atoms with Crippen LogP contribution < -0.4 is 5.73 Å². The number of likely N-dealkylation sites (N-methyl/N-ethyl adjacent to an activating group) is 1. The number of nitrogens with zero attached hydrogens (tertiary/aromatic N) is 4. The summed E-state index contributed by atoms with van der Waals surface area (Å²) in [6.07, 6.45) is 1.36. The van der Waals surface area contributed by atoms with Gasteiger partial charge in [-0.2, -0.15) is 17.7 Å². The van der Waals surface area contributed by atoms with Gasteiger partial charge in [0.1, 0.15) is 5.82 Å². The number of aromatic nitrogens is 1. The van der Waals surface area contributed by atoms with Crippen LogP contribution in [-0.2, 0) is 6.18 Å². The van der Waals surface area contributed by atoms with Crippen molar-refractivity contribution in [2.45, 2.75) is 51.9 Å². The van der Waals surface area contributed by atoms with Crippen LogP contribution in [0.15, 0.2) is 18.3 Å². The number of pyridine rings is 1. The minimum Gasteiger partial charge on any atom is -0.383 e. The van der Waals surface area contributed by atoms with Gasteiger partial charge in [-0.1, -0.05) is 13.8 Å². The number of halogens is 3. The second-order valence-electron chi connectivity index (χ2n) is 10.6. The zero-order valence-electron chi connectivity index (χ0n) is 19.6. The number of hydrogen-bond donors (Lipinski definition) is 1. The first-order valence-electron chi connectivity index (χ1n) is 12.4. The van der Waals surface area contributed by atoms with Gasteiger partial charge in [0.2, 0.25) is 5.70 Å². The van der Waals surface area contributed by atoms with Gasteiger partial charge in [0.15, 0.2) is 11.8 Å². The molecule has 1 saturated heterocycles. The normalized spacial score (nSPS) is 36.4. The molecule has 5 fully saturated rings. The third-order valence-electron chi connectivity index (χ3n) is 9.34. The molecule has 5 nitrogen and oxygen atoms in total. The average molecular weight is 461 g/mol. The Labute approximate surface area is 193 Å². The summed E-state index contributed by atoms with van der Waals surface area (Å²) in [4.78, 5) is 9.12. The van der Waals surface area contributed by atoms with E-state index < -0.39 is 17.6 Å². The molecule has 0 spiro atoms. The van der Waals surface area contributed by atoms with Crippen molar-refractivity contribution in [3.8, 4) is 0 Å². The Kier molecular flexibility index (Phi) is 4.61. The van der Waals surface area contributed by atoms with E-state index in [0.29, 0.717) is 11.6 Å². The van der Waals surface area contributed by atoms with Crippen molar-refractivity contribution in [1.29, 1.82) is 0 Å². The van der Waals surface area contributed by atoms with Gasteiger partial charge in [0.25, 0.3) is 0 Å². The van der Waals surface area contributed by atoms with E-state index in [9.17, 15) is 13.2 Å².